The Bertz CT molecular complexity index is 958. The third-order valence-corrected chi connectivity index (χ3v) is 6.21. The van der Waals surface area contributed by atoms with Crippen molar-refractivity contribution in [3.8, 4) is 5.75 Å². The molecule has 2 atom stereocenters. The van der Waals surface area contributed by atoms with Gasteiger partial charge in [-0.15, -0.1) is 0 Å². The number of rotatable bonds is 6. The van der Waals surface area contributed by atoms with Gasteiger partial charge in [0.2, 0.25) is 5.91 Å². The monoisotopic (exact) mass is 496 g/mol. The Hall–Kier alpha value is -2.91. The zero-order chi connectivity index (χ0) is 26.2. The van der Waals surface area contributed by atoms with Crippen LogP contribution in [0.15, 0.2) is 24.3 Å². The van der Waals surface area contributed by atoms with Crippen molar-refractivity contribution in [3.05, 3.63) is 29.8 Å². The molecule has 0 saturated carbocycles. The zero-order valence-electron chi connectivity index (χ0n) is 21.1. The second-order valence-corrected chi connectivity index (χ2v) is 10.8. The second kappa shape index (κ2) is 9.62. The van der Waals surface area contributed by atoms with Gasteiger partial charge in [0.15, 0.2) is 0 Å². The highest BCUT2D eigenvalue weighted by Crippen LogP contribution is 2.44. The Morgan fingerprint density at radius 2 is 1.74 bits per heavy atom. The van der Waals surface area contributed by atoms with Crippen LogP contribution in [0, 0.1) is 11.3 Å². The molecule has 0 aliphatic carbocycles. The number of methoxy groups -OCH3 is 1. The van der Waals surface area contributed by atoms with Gasteiger partial charge in [-0.2, -0.15) is 0 Å². The first-order valence-corrected chi connectivity index (χ1v) is 11.6. The number of alkyl halides is 2. The lowest BCUT2D eigenvalue weighted by Crippen LogP contribution is -2.57. The number of likely N-dealkylation sites (tertiary alicyclic amines) is 2. The van der Waals surface area contributed by atoms with Crippen LogP contribution in [0.2, 0.25) is 0 Å². The van der Waals surface area contributed by atoms with Crippen molar-refractivity contribution in [1.29, 1.82) is 0 Å². The molecule has 0 spiro atoms. The summed E-state index contributed by atoms with van der Waals surface area (Å²) in [5.74, 6) is -4.94. The van der Waals surface area contributed by atoms with Gasteiger partial charge in [-0.05, 0) is 58.7 Å². The number of hydrogen-bond donors (Lipinski definition) is 0. The van der Waals surface area contributed by atoms with Crippen molar-refractivity contribution >= 4 is 18.0 Å². The lowest BCUT2D eigenvalue weighted by atomic mass is 9.86. The minimum atomic E-state index is -3.20. The number of fused-ring (bicyclic) bond motifs is 1. The van der Waals surface area contributed by atoms with Gasteiger partial charge in [0.05, 0.1) is 25.0 Å². The first-order chi connectivity index (χ1) is 16.1. The standard InChI is InChI=1S/C25H34F2N2O6/c1-23(2,3)35-22(32)29-15-25(26,27)18-11-12-28(20(30)19(18)29)14-24(4,5)21(31)34-13-16-7-9-17(33-6)10-8-16/h7-10,18-19H,11-15H2,1-6H3/t18-,19-/m1/s1. The highest BCUT2D eigenvalue weighted by atomic mass is 19.3. The maximum atomic E-state index is 14.7. The second-order valence-electron chi connectivity index (χ2n) is 10.8. The van der Waals surface area contributed by atoms with Crippen LogP contribution in [0.25, 0.3) is 0 Å². The van der Waals surface area contributed by atoms with Crippen molar-refractivity contribution < 1.29 is 37.4 Å². The van der Waals surface area contributed by atoms with Gasteiger partial charge < -0.3 is 19.1 Å². The molecule has 1 aromatic carbocycles. The van der Waals surface area contributed by atoms with Crippen LogP contribution >= 0.6 is 0 Å². The summed E-state index contributed by atoms with van der Waals surface area (Å²) in [6.07, 6.45) is -0.933. The van der Waals surface area contributed by atoms with Gasteiger partial charge in [-0.3, -0.25) is 14.5 Å². The van der Waals surface area contributed by atoms with E-state index < -0.39 is 53.4 Å². The fourth-order valence-corrected chi connectivity index (χ4v) is 4.42. The molecule has 2 aliphatic rings. The van der Waals surface area contributed by atoms with E-state index in [1.54, 1.807) is 66.0 Å². The Morgan fingerprint density at radius 3 is 2.31 bits per heavy atom. The molecule has 2 amide bonds. The summed E-state index contributed by atoms with van der Waals surface area (Å²) in [6.45, 7) is 7.38. The van der Waals surface area contributed by atoms with Crippen LogP contribution in [0.4, 0.5) is 13.6 Å². The summed E-state index contributed by atoms with van der Waals surface area (Å²) in [4.78, 5) is 40.9. The van der Waals surface area contributed by atoms with E-state index in [-0.39, 0.29) is 26.1 Å². The molecule has 1 aromatic rings. The molecule has 2 fully saturated rings. The minimum absolute atomic E-state index is 0.0136. The predicted octanol–water partition coefficient (Wildman–Crippen LogP) is 3.87. The molecule has 194 valence electrons. The molecular weight excluding hydrogens is 462 g/mol. The van der Waals surface area contributed by atoms with Crippen LogP contribution in [-0.2, 0) is 25.7 Å². The van der Waals surface area contributed by atoms with Gasteiger partial charge >= 0.3 is 12.1 Å². The van der Waals surface area contributed by atoms with Crippen LogP contribution in [-0.4, -0.2) is 72.1 Å². The van der Waals surface area contributed by atoms with Gasteiger partial charge in [-0.1, -0.05) is 12.1 Å². The summed E-state index contributed by atoms with van der Waals surface area (Å²) in [7, 11) is 1.56. The van der Waals surface area contributed by atoms with E-state index in [1.165, 1.54) is 4.90 Å². The Kier molecular flexibility index (Phi) is 7.34. The summed E-state index contributed by atoms with van der Waals surface area (Å²) < 4.78 is 45.2. The molecule has 0 aromatic heterocycles. The molecule has 0 N–H and O–H groups in total. The number of piperidine rings is 1. The Balaban J connectivity index is 1.68. The molecule has 35 heavy (non-hydrogen) atoms. The normalized spacial score (nSPS) is 22.0. The van der Waals surface area contributed by atoms with E-state index >= 15 is 0 Å². The third kappa shape index (κ3) is 6.02. The van der Waals surface area contributed by atoms with Crippen molar-refractivity contribution in [1.82, 2.24) is 9.80 Å². The molecule has 0 bridgehead atoms. The van der Waals surface area contributed by atoms with Crippen molar-refractivity contribution in [2.45, 2.75) is 65.2 Å². The highest BCUT2D eigenvalue weighted by molar-refractivity contribution is 5.88. The first-order valence-electron chi connectivity index (χ1n) is 11.6. The Morgan fingerprint density at radius 1 is 1.11 bits per heavy atom. The third-order valence-electron chi connectivity index (χ3n) is 6.21. The number of carbonyl (C=O) groups excluding carboxylic acids is 3. The van der Waals surface area contributed by atoms with E-state index in [2.05, 4.69) is 0 Å². The van der Waals surface area contributed by atoms with Crippen molar-refractivity contribution in [3.63, 3.8) is 0 Å². The lowest BCUT2D eigenvalue weighted by Gasteiger charge is -2.40. The molecule has 2 heterocycles. The molecule has 0 radical (unpaired) electrons. The van der Waals surface area contributed by atoms with Crippen LogP contribution < -0.4 is 4.74 Å². The lowest BCUT2D eigenvalue weighted by molar-refractivity contribution is -0.159. The first kappa shape index (κ1) is 26.7. The highest BCUT2D eigenvalue weighted by Gasteiger charge is 2.61. The van der Waals surface area contributed by atoms with Crippen LogP contribution in [0.3, 0.4) is 0 Å². The largest absolute Gasteiger partial charge is 0.497 e. The number of ether oxygens (including phenoxy) is 3. The SMILES string of the molecule is COc1ccc(COC(=O)C(C)(C)CN2CC[C@@H]3[C@H](C2=O)N(C(=O)OC(C)(C)C)CC3(F)F)cc1. The molecular formula is C25H34F2N2O6. The van der Waals surface area contributed by atoms with Crippen molar-refractivity contribution in [2.24, 2.45) is 11.3 Å². The minimum Gasteiger partial charge on any atom is -0.497 e. The number of benzene rings is 1. The average molecular weight is 497 g/mol. The maximum absolute atomic E-state index is 14.7. The topological polar surface area (TPSA) is 85.4 Å². The van der Waals surface area contributed by atoms with Crippen LogP contribution in [0.1, 0.15) is 46.6 Å². The molecule has 2 aliphatic heterocycles. The van der Waals surface area contributed by atoms with E-state index in [0.717, 1.165) is 10.5 Å². The molecule has 10 heteroatoms. The summed E-state index contributed by atoms with van der Waals surface area (Å²) >= 11 is 0. The fourth-order valence-electron chi connectivity index (χ4n) is 4.42. The van der Waals surface area contributed by atoms with Gasteiger partial charge in [0, 0.05) is 13.1 Å². The summed E-state index contributed by atoms with van der Waals surface area (Å²) in [6, 6.07) is 5.73. The van der Waals surface area contributed by atoms with E-state index in [9.17, 15) is 23.2 Å². The van der Waals surface area contributed by atoms with Gasteiger partial charge in [0.25, 0.3) is 5.92 Å². The molecule has 2 saturated heterocycles. The van der Waals surface area contributed by atoms with E-state index in [1.807, 2.05) is 0 Å². The maximum Gasteiger partial charge on any atom is 0.411 e. The number of halogens is 2. The average Bonchev–Trinajstić information content (AvgIpc) is 3.04. The van der Waals surface area contributed by atoms with E-state index in [4.69, 9.17) is 14.2 Å². The van der Waals surface area contributed by atoms with Gasteiger partial charge in [0.1, 0.15) is 24.0 Å². The fraction of sp³-hybridized carbons (Fsp3) is 0.640. The number of hydrogen-bond acceptors (Lipinski definition) is 6. The van der Waals surface area contributed by atoms with Crippen LogP contribution in [0.5, 0.6) is 5.75 Å². The number of nitrogens with zero attached hydrogens (tertiary/aromatic N) is 2. The molecule has 8 nitrogen and oxygen atoms in total. The van der Waals surface area contributed by atoms with E-state index in [0.29, 0.717) is 5.75 Å². The number of amides is 2. The Labute approximate surface area is 204 Å². The summed E-state index contributed by atoms with van der Waals surface area (Å²) in [5.41, 5.74) is -1.21. The quantitative estimate of drug-likeness (QED) is 0.556. The predicted molar refractivity (Wildman–Crippen MR) is 123 cm³/mol. The van der Waals surface area contributed by atoms with Crippen molar-refractivity contribution in [2.75, 3.05) is 26.7 Å². The number of esters is 1. The summed E-state index contributed by atoms with van der Waals surface area (Å²) in [5, 5.41) is 0. The zero-order valence-corrected chi connectivity index (χ0v) is 21.1. The number of carbonyl (C=O) groups is 3. The smallest absolute Gasteiger partial charge is 0.411 e. The van der Waals surface area contributed by atoms with Gasteiger partial charge in [-0.25, -0.2) is 13.6 Å². The molecule has 0 unspecified atom stereocenters. The molecule has 3 rings (SSSR count).